The van der Waals surface area contributed by atoms with Crippen molar-refractivity contribution in [2.45, 2.75) is 30.9 Å². The van der Waals surface area contributed by atoms with Gasteiger partial charge in [0.2, 0.25) is 10.0 Å². The van der Waals surface area contributed by atoms with Crippen LogP contribution in [-0.2, 0) is 27.7 Å². The number of hydrogen-bond acceptors (Lipinski definition) is 3. The fourth-order valence-electron chi connectivity index (χ4n) is 1.83. The summed E-state index contributed by atoms with van der Waals surface area (Å²) in [6.45, 7) is 0.386. The van der Waals surface area contributed by atoms with Crippen molar-refractivity contribution in [2.75, 3.05) is 6.54 Å². The Morgan fingerprint density at radius 3 is 2.32 bits per heavy atom. The van der Waals surface area contributed by atoms with E-state index in [0.29, 0.717) is 13.0 Å². The quantitative estimate of drug-likeness (QED) is 0.780. The summed E-state index contributed by atoms with van der Waals surface area (Å²) in [5.74, 6) is -0.857. The first kappa shape index (κ1) is 14.0. The Kier molecular flexibility index (Phi) is 4.21. The molecule has 1 aromatic rings. The largest absolute Gasteiger partial charge is 0.481 e. The van der Waals surface area contributed by atoms with Crippen LogP contribution in [0.15, 0.2) is 24.3 Å². The zero-order valence-electron chi connectivity index (χ0n) is 10.5. The Morgan fingerprint density at radius 2 is 1.79 bits per heavy atom. The second-order valence-electron chi connectivity index (χ2n) is 4.78. The third kappa shape index (κ3) is 4.33. The van der Waals surface area contributed by atoms with Crippen LogP contribution in [0.5, 0.6) is 0 Å². The van der Waals surface area contributed by atoms with Crippen LogP contribution in [0.1, 0.15) is 24.0 Å². The van der Waals surface area contributed by atoms with Crippen LogP contribution < -0.4 is 4.72 Å². The lowest BCUT2D eigenvalue weighted by molar-refractivity contribution is -0.136. The normalized spacial score (nSPS) is 15.4. The lowest BCUT2D eigenvalue weighted by atomic mass is 10.1. The molecule has 5 nitrogen and oxygen atoms in total. The second kappa shape index (κ2) is 5.71. The molecule has 2 rings (SSSR count). The van der Waals surface area contributed by atoms with Crippen molar-refractivity contribution in [3.05, 3.63) is 35.4 Å². The average Bonchev–Trinajstić information content (AvgIpc) is 3.14. The number of aliphatic carboxylic acids is 1. The summed E-state index contributed by atoms with van der Waals surface area (Å²) >= 11 is 0. The van der Waals surface area contributed by atoms with Crippen LogP contribution in [0, 0.1) is 0 Å². The first-order chi connectivity index (χ1) is 8.97. The molecule has 1 aromatic carbocycles. The number of hydrogen-bond donors (Lipinski definition) is 2. The van der Waals surface area contributed by atoms with Gasteiger partial charge in [-0.1, -0.05) is 24.3 Å². The van der Waals surface area contributed by atoms with E-state index in [2.05, 4.69) is 4.72 Å². The fourth-order valence-corrected chi connectivity index (χ4v) is 3.21. The van der Waals surface area contributed by atoms with E-state index in [0.717, 1.165) is 24.0 Å². The highest BCUT2D eigenvalue weighted by atomic mass is 32.2. The predicted octanol–water partition coefficient (Wildman–Crippen LogP) is 0.938. The molecule has 1 aliphatic carbocycles. The lowest BCUT2D eigenvalue weighted by Crippen LogP contribution is -2.29. The summed E-state index contributed by atoms with van der Waals surface area (Å²) in [7, 11) is -3.11. The van der Waals surface area contributed by atoms with Crippen LogP contribution in [0.3, 0.4) is 0 Å². The van der Waals surface area contributed by atoms with Gasteiger partial charge in [0.1, 0.15) is 0 Å². The number of carboxylic acid groups (broad SMARTS) is 1. The first-order valence-electron chi connectivity index (χ1n) is 6.25. The van der Waals surface area contributed by atoms with Crippen molar-refractivity contribution in [1.82, 2.24) is 4.72 Å². The van der Waals surface area contributed by atoms with Crippen molar-refractivity contribution in [2.24, 2.45) is 0 Å². The molecule has 0 heterocycles. The van der Waals surface area contributed by atoms with Gasteiger partial charge in [-0.15, -0.1) is 0 Å². The van der Waals surface area contributed by atoms with Crippen molar-refractivity contribution in [3.63, 3.8) is 0 Å². The summed E-state index contributed by atoms with van der Waals surface area (Å²) in [5.41, 5.74) is 1.74. The maximum absolute atomic E-state index is 11.6. The van der Waals surface area contributed by atoms with Crippen LogP contribution in [-0.4, -0.2) is 31.3 Å². The Labute approximate surface area is 112 Å². The van der Waals surface area contributed by atoms with E-state index >= 15 is 0 Å². The third-order valence-electron chi connectivity index (χ3n) is 3.06. The van der Waals surface area contributed by atoms with E-state index < -0.39 is 16.0 Å². The maximum Gasteiger partial charge on any atom is 0.307 e. The molecule has 0 amide bonds. The van der Waals surface area contributed by atoms with Gasteiger partial charge in [-0.25, -0.2) is 13.1 Å². The van der Waals surface area contributed by atoms with E-state index in [1.165, 1.54) is 0 Å². The molecule has 19 heavy (non-hydrogen) atoms. The fraction of sp³-hybridized carbons (Fsp3) is 0.462. The molecule has 0 bridgehead atoms. The summed E-state index contributed by atoms with van der Waals surface area (Å²) in [6.07, 6.45) is 2.15. The molecule has 0 unspecified atom stereocenters. The minimum atomic E-state index is -3.11. The molecule has 6 heteroatoms. The highest BCUT2D eigenvalue weighted by molar-refractivity contribution is 7.90. The van der Waals surface area contributed by atoms with E-state index in [-0.39, 0.29) is 11.7 Å². The molecule has 0 atom stereocenters. The van der Waals surface area contributed by atoms with Gasteiger partial charge >= 0.3 is 5.97 Å². The van der Waals surface area contributed by atoms with Gasteiger partial charge in [0.25, 0.3) is 0 Å². The number of nitrogens with one attached hydrogen (secondary N) is 1. The van der Waals surface area contributed by atoms with E-state index in [9.17, 15) is 13.2 Å². The minimum absolute atomic E-state index is 0.00852. The average molecular weight is 283 g/mol. The highest BCUT2D eigenvalue weighted by Gasteiger charge is 2.35. The first-order valence-corrected chi connectivity index (χ1v) is 7.80. The summed E-state index contributed by atoms with van der Waals surface area (Å²) in [6, 6.07) is 7.20. The molecule has 0 saturated heterocycles. The smallest absolute Gasteiger partial charge is 0.307 e. The van der Waals surface area contributed by atoms with Gasteiger partial charge in [0.05, 0.1) is 11.7 Å². The lowest BCUT2D eigenvalue weighted by Gasteiger charge is -2.06. The number of carbonyl (C=O) groups is 1. The van der Waals surface area contributed by atoms with Gasteiger partial charge in [-0.05, 0) is 30.4 Å². The number of sulfonamides is 1. The summed E-state index contributed by atoms with van der Waals surface area (Å²) in [4.78, 5) is 10.5. The van der Waals surface area contributed by atoms with Gasteiger partial charge < -0.3 is 5.11 Å². The molecular weight excluding hydrogens is 266 g/mol. The van der Waals surface area contributed by atoms with E-state index in [1.54, 1.807) is 12.1 Å². The summed E-state index contributed by atoms with van der Waals surface area (Å²) < 4.78 is 25.8. The standard InChI is InChI=1S/C13H17NO4S/c15-13(16)9-11-3-1-10(2-4-11)7-8-14-19(17,18)12-5-6-12/h1-4,12,14H,5-9H2,(H,15,16). The molecule has 1 aliphatic rings. The predicted molar refractivity (Wildman–Crippen MR) is 71.4 cm³/mol. The van der Waals surface area contributed by atoms with Gasteiger partial charge in [-0.2, -0.15) is 0 Å². The minimum Gasteiger partial charge on any atom is -0.481 e. The zero-order valence-corrected chi connectivity index (χ0v) is 11.3. The molecule has 1 fully saturated rings. The van der Waals surface area contributed by atoms with Crippen molar-refractivity contribution >= 4 is 16.0 Å². The molecule has 1 saturated carbocycles. The van der Waals surface area contributed by atoms with Crippen LogP contribution >= 0.6 is 0 Å². The van der Waals surface area contributed by atoms with Crippen LogP contribution in [0.2, 0.25) is 0 Å². The van der Waals surface area contributed by atoms with Gasteiger partial charge in [0, 0.05) is 6.54 Å². The second-order valence-corrected chi connectivity index (χ2v) is 6.82. The molecule has 0 spiro atoms. The van der Waals surface area contributed by atoms with Crippen molar-refractivity contribution in [3.8, 4) is 0 Å². The Hall–Kier alpha value is -1.40. The molecule has 0 aliphatic heterocycles. The zero-order chi connectivity index (χ0) is 13.9. The molecule has 0 radical (unpaired) electrons. The number of carboxylic acids is 1. The molecule has 104 valence electrons. The van der Waals surface area contributed by atoms with Gasteiger partial charge in [0.15, 0.2) is 0 Å². The topological polar surface area (TPSA) is 83.5 Å². The van der Waals surface area contributed by atoms with E-state index in [4.69, 9.17) is 5.11 Å². The maximum atomic E-state index is 11.6. The van der Waals surface area contributed by atoms with Gasteiger partial charge in [-0.3, -0.25) is 4.79 Å². The molecule has 0 aromatic heterocycles. The summed E-state index contributed by atoms with van der Waals surface area (Å²) in [5, 5.41) is 8.46. The van der Waals surface area contributed by atoms with Crippen LogP contribution in [0.4, 0.5) is 0 Å². The Balaban J connectivity index is 1.81. The monoisotopic (exact) mass is 283 g/mol. The Bertz CT molecular complexity index is 547. The Morgan fingerprint density at radius 1 is 1.21 bits per heavy atom. The van der Waals surface area contributed by atoms with E-state index in [1.807, 2.05) is 12.1 Å². The van der Waals surface area contributed by atoms with Crippen molar-refractivity contribution in [1.29, 1.82) is 0 Å². The molecule has 2 N–H and O–H groups in total. The number of benzene rings is 1. The number of rotatable bonds is 7. The van der Waals surface area contributed by atoms with Crippen LogP contribution in [0.25, 0.3) is 0 Å². The third-order valence-corrected chi connectivity index (χ3v) is 5.01. The molecular formula is C13H17NO4S. The SMILES string of the molecule is O=C(O)Cc1ccc(CCNS(=O)(=O)C2CC2)cc1. The van der Waals surface area contributed by atoms with Crippen molar-refractivity contribution < 1.29 is 18.3 Å². The highest BCUT2D eigenvalue weighted by Crippen LogP contribution is 2.27.